The van der Waals surface area contributed by atoms with Gasteiger partial charge in [-0.3, -0.25) is 4.57 Å². The van der Waals surface area contributed by atoms with Gasteiger partial charge in [0.05, 0.1) is 52.9 Å². The summed E-state index contributed by atoms with van der Waals surface area (Å²) in [6, 6.07) is 38.9. The predicted octanol–water partition coefficient (Wildman–Crippen LogP) is 7.31. The zero-order valence-corrected chi connectivity index (χ0v) is 29.1. The van der Waals surface area contributed by atoms with Crippen LogP contribution in [0.15, 0.2) is 121 Å². The van der Waals surface area contributed by atoms with Crippen molar-refractivity contribution in [1.29, 1.82) is 0 Å². The van der Waals surface area contributed by atoms with E-state index in [9.17, 15) is 9.67 Å². The molecule has 9 nitrogen and oxygen atoms in total. The van der Waals surface area contributed by atoms with Gasteiger partial charge in [0.1, 0.15) is 18.3 Å². The van der Waals surface area contributed by atoms with E-state index >= 15 is 0 Å². The molecule has 4 aromatic carbocycles. The molecule has 0 amide bonds. The van der Waals surface area contributed by atoms with Crippen LogP contribution in [0.3, 0.4) is 0 Å². The lowest BCUT2D eigenvalue weighted by atomic mass is 9.95. The van der Waals surface area contributed by atoms with Gasteiger partial charge in [-0.2, -0.15) is 0 Å². The second-order valence-electron chi connectivity index (χ2n) is 11.8. The Morgan fingerprint density at radius 2 is 1.08 bits per heavy atom. The fourth-order valence-corrected chi connectivity index (χ4v) is 7.84. The Labute approximate surface area is 289 Å². The Hall–Kier alpha value is -3.21. The molecule has 5 atom stereocenters. The number of benzene rings is 4. The number of hydrogen-bond acceptors (Lipinski definition) is 9. The first-order valence-electron chi connectivity index (χ1n) is 16.8. The monoisotopic (exact) mass is 690 g/mol. The summed E-state index contributed by atoms with van der Waals surface area (Å²) in [4.78, 5) is 0. The SMILES string of the molecule is CCOP(=O)(OCC)C(O)[C@@]1(COCc2ccccc2)O[C@H](COCc2ccccc2)[C@@H](OCc2ccccc2)[C@@H]1OCc1ccccc1. The highest BCUT2D eigenvalue weighted by Crippen LogP contribution is 2.59. The van der Waals surface area contributed by atoms with Gasteiger partial charge in [0.25, 0.3) is 0 Å². The van der Waals surface area contributed by atoms with Gasteiger partial charge < -0.3 is 37.8 Å². The van der Waals surface area contributed by atoms with Gasteiger partial charge in [-0.15, -0.1) is 0 Å². The molecule has 1 fully saturated rings. The van der Waals surface area contributed by atoms with E-state index < -0.39 is 37.4 Å². The zero-order chi connectivity index (χ0) is 34.4. The highest BCUT2D eigenvalue weighted by Gasteiger charge is 2.65. The molecule has 0 aromatic heterocycles. The van der Waals surface area contributed by atoms with Crippen molar-refractivity contribution < 1.29 is 42.4 Å². The van der Waals surface area contributed by atoms with E-state index in [4.69, 9.17) is 32.7 Å². The molecule has 0 spiro atoms. The van der Waals surface area contributed by atoms with Crippen molar-refractivity contribution in [2.45, 2.75) is 70.0 Å². The number of aliphatic hydroxyl groups is 1. The summed E-state index contributed by atoms with van der Waals surface area (Å²) in [7, 11) is -4.20. The molecule has 0 radical (unpaired) electrons. The molecule has 0 bridgehead atoms. The van der Waals surface area contributed by atoms with Gasteiger partial charge in [0.2, 0.25) is 0 Å². The van der Waals surface area contributed by atoms with Crippen LogP contribution in [-0.4, -0.2) is 61.3 Å². The maximum absolute atomic E-state index is 14.4. The van der Waals surface area contributed by atoms with Crippen LogP contribution in [0.2, 0.25) is 0 Å². The van der Waals surface area contributed by atoms with Gasteiger partial charge in [-0.1, -0.05) is 121 Å². The zero-order valence-electron chi connectivity index (χ0n) is 28.2. The van der Waals surface area contributed by atoms with Gasteiger partial charge in [0, 0.05) is 0 Å². The number of hydrogen-bond donors (Lipinski definition) is 1. The van der Waals surface area contributed by atoms with E-state index in [-0.39, 0.29) is 46.2 Å². The standard InChI is InChI=1S/C39H47O9P/c1-3-46-49(41,47-4-2)38(40)39(30-43-26-32-19-11-6-12-20-32)37(45-28-34-23-15-8-16-24-34)36(44-27-33-21-13-7-14-22-33)35(48-39)29-42-25-31-17-9-5-10-18-31/h5-24,35-38,40H,3-4,25-30H2,1-2H3/t35-,36-,37+,38?,39+/m1/s1. The minimum absolute atomic E-state index is 0.0440. The van der Waals surface area contributed by atoms with Crippen LogP contribution in [0.1, 0.15) is 36.1 Å². The largest absolute Gasteiger partial charge is 0.378 e. The van der Waals surface area contributed by atoms with Crippen LogP contribution in [0.25, 0.3) is 0 Å². The third kappa shape index (κ3) is 9.95. The first-order chi connectivity index (χ1) is 24.0. The Kier molecular flexibility index (Phi) is 14.1. The molecule has 10 heteroatoms. The maximum Gasteiger partial charge on any atom is 0.362 e. The van der Waals surface area contributed by atoms with Crippen LogP contribution in [0, 0.1) is 0 Å². The van der Waals surface area contributed by atoms with Gasteiger partial charge in [0.15, 0.2) is 11.4 Å². The molecular formula is C39H47O9P. The van der Waals surface area contributed by atoms with Crippen molar-refractivity contribution in [1.82, 2.24) is 0 Å². The lowest BCUT2D eigenvalue weighted by Gasteiger charge is -2.40. The third-order valence-electron chi connectivity index (χ3n) is 8.26. The van der Waals surface area contributed by atoms with Crippen LogP contribution >= 0.6 is 7.60 Å². The molecule has 262 valence electrons. The topological polar surface area (TPSA) is 102 Å². The molecule has 1 unspecified atom stereocenters. The minimum atomic E-state index is -4.20. The molecule has 1 aliphatic heterocycles. The van der Waals surface area contributed by atoms with Crippen molar-refractivity contribution in [3.8, 4) is 0 Å². The van der Waals surface area contributed by atoms with Crippen molar-refractivity contribution in [2.24, 2.45) is 0 Å². The highest BCUT2D eigenvalue weighted by molar-refractivity contribution is 7.54. The Balaban J connectivity index is 1.53. The Morgan fingerprint density at radius 1 is 0.653 bits per heavy atom. The predicted molar refractivity (Wildman–Crippen MR) is 187 cm³/mol. The second-order valence-corrected chi connectivity index (χ2v) is 13.9. The van der Waals surface area contributed by atoms with Crippen molar-refractivity contribution in [3.05, 3.63) is 144 Å². The number of ether oxygens (including phenoxy) is 5. The second kappa shape index (κ2) is 18.7. The molecule has 4 aromatic rings. The third-order valence-corrected chi connectivity index (χ3v) is 10.5. The van der Waals surface area contributed by atoms with Crippen LogP contribution in [0.5, 0.6) is 0 Å². The van der Waals surface area contributed by atoms with E-state index in [1.165, 1.54) is 0 Å². The van der Waals surface area contributed by atoms with E-state index in [0.717, 1.165) is 22.3 Å². The van der Waals surface area contributed by atoms with Gasteiger partial charge in [-0.05, 0) is 36.1 Å². The summed E-state index contributed by atoms with van der Waals surface area (Å²) in [5.41, 5.74) is 2.02. The summed E-state index contributed by atoms with van der Waals surface area (Å²) in [5, 5.41) is 12.3. The van der Waals surface area contributed by atoms with Crippen molar-refractivity contribution >= 4 is 7.60 Å². The van der Waals surface area contributed by atoms with Gasteiger partial charge in [-0.25, -0.2) is 0 Å². The first-order valence-corrected chi connectivity index (χ1v) is 18.4. The molecule has 5 rings (SSSR count). The van der Waals surface area contributed by atoms with E-state index in [1.54, 1.807) is 13.8 Å². The summed E-state index contributed by atoms with van der Waals surface area (Å²) in [6.07, 6.45) is -2.51. The average molecular weight is 691 g/mol. The quantitative estimate of drug-likeness (QED) is 0.0957. The Bertz CT molecular complexity index is 1530. The summed E-state index contributed by atoms with van der Waals surface area (Å²) in [5.74, 6) is -1.79. The molecule has 0 aliphatic carbocycles. The molecule has 1 N–H and O–H groups in total. The highest BCUT2D eigenvalue weighted by atomic mass is 31.2. The lowest BCUT2D eigenvalue weighted by molar-refractivity contribution is -0.187. The molecule has 0 saturated carbocycles. The lowest BCUT2D eigenvalue weighted by Crippen LogP contribution is -2.57. The number of rotatable bonds is 20. The molecule has 49 heavy (non-hydrogen) atoms. The summed E-state index contributed by atoms with van der Waals surface area (Å²) in [6.45, 7) is 4.32. The summed E-state index contributed by atoms with van der Waals surface area (Å²) >= 11 is 0. The average Bonchev–Trinajstić information content (AvgIpc) is 3.43. The fourth-order valence-electron chi connectivity index (χ4n) is 5.95. The van der Waals surface area contributed by atoms with Crippen LogP contribution < -0.4 is 0 Å². The van der Waals surface area contributed by atoms with E-state index in [0.29, 0.717) is 6.61 Å². The van der Waals surface area contributed by atoms with Crippen LogP contribution in [-0.2, 0) is 63.7 Å². The van der Waals surface area contributed by atoms with E-state index in [1.807, 2.05) is 121 Å². The van der Waals surface area contributed by atoms with Crippen molar-refractivity contribution in [2.75, 3.05) is 26.4 Å². The fraction of sp³-hybridized carbons (Fsp3) is 0.385. The smallest absolute Gasteiger partial charge is 0.362 e. The molecule has 1 aliphatic rings. The van der Waals surface area contributed by atoms with E-state index in [2.05, 4.69) is 0 Å². The first kappa shape index (κ1) is 37.1. The Morgan fingerprint density at radius 3 is 1.55 bits per heavy atom. The normalized spacial score (nSPS) is 21.5. The molecule has 1 heterocycles. The van der Waals surface area contributed by atoms with Gasteiger partial charge >= 0.3 is 7.60 Å². The molecular weight excluding hydrogens is 643 g/mol. The van der Waals surface area contributed by atoms with Crippen molar-refractivity contribution in [3.63, 3.8) is 0 Å². The number of aliphatic hydroxyl groups excluding tert-OH is 1. The van der Waals surface area contributed by atoms with Crippen LogP contribution in [0.4, 0.5) is 0 Å². The minimum Gasteiger partial charge on any atom is -0.378 e. The maximum atomic E-state index is 14.4. The summed E-state index contributed by atoms with van der Waals surface area (Å²) < 4.78 is 58.5. The molecule has 1 saturated heterocycles.